The van der Waals surface area contributed by atoms with Gasteiger partial charge in [-0.3, -0.25) is 0 Å². The summed E-state index contributed by atoms with van der Waals surface area (Å²) in [5.74, 6) is -0.843. The van der Waals surface area contributed by atoms with Crippen LogP contribution in [-0.4, -0.2) is 14.7 Å². The first-order chi connectivity index (χ1) is 9.48. The lowest BCUT2D eigenvalue weighted by Crippen LogP contribution is -2.27. The normalized spacial score (nSPS) is 12.2. The molecule has 20 heavy (non-hydrogen) atoms. The number of halogens is 1. The number of hydrogen-bond donors (Lipinski definition) is 0. The van der Waals surface area contributed by atoms with Crippen molar-refractivity contribution in [3.63, 3.8) is 0 Å². The summed E-state index contributed by atoms with van der Waals surface area (Å²) in [5, 5.41) is 0. The molecule has 0 aliphatic rings. The van der Waals surface area contributed by atoms with Gasteiger partial charge < -0.3 is 0 Å². The average molecular weight is 291 g/mol. The van der Waals surface area contributed by atoms with Gasteiger partial charge in [-0.15, -0.1) is 0 Å². The van der Waals surface area contributed by atoms with E-state index in [0.717, 1.165) is 6.26 Å². The molecule has 0 heterocycles. The van der Waals surface area contributed by atoms with Crippen LogP contribution in [0.1, 0.15) is 5.56 Å². The van der Waals surface area contributed by atoms with Gasteiger partial charge in [0.1, 0.15) is 0 Å². The van der Waals surface area contributed by atoms with Gasteiger partial charge in [0.05, 0.1) is 11.9 Å². The van der Waals surface area contributed by atoms with Gasteiger partial charge in [-0.05, 0) is 23.8 Å². The molecular formula is C15H14FNO2S. The third-order valence-electron chi connectivity index (χ3n) is 2.60. The maximum Gasteiger partial charge on any atom is 0.238 e. The van der Waals surface area contributed by atoms with E-state index in [1.54, 1.807) is 60.7 Å². The van der Waals surface area contributed by atoms with Crippen LogP contribution in [-0.2, 0) is 10.0 Å². The number of anilines is 1. The third-order valence-corrected chi connectivity index (χ3v) is 3.65. The monoisotopic (exact) mass is 291 g/mol. The molecule has 2 aromatic carbocycles. The first-order valence-electron chi connectivity index (χ1n) is 5.96. The van der Waals surface area contributed by atoms with Crippen LogP contribution in [0.4, 0.5) is 10.1 Å². The molecule has 0 spiro atoms. The molecule has 0 unspecified atom stereocenters. The molecule has 5 heteroatoms. The molecule has 0 N–H and O–H groups in total. The fourth-order valence-electron chi connectivity index (χ4n) is 1.78. The lowest BCUT2D eigenvalue weighted by atomic mass is 10.2. The molecule has 0 aromatic heterocycles. The number of rotatable bonds is 4. The Morgan fingerprint density at radius 3 is 2.00 bits per heavy atom. The summed E-state index contributed by atoms with van der Waals surface area (Å²) < 4.78 is 38.6. The quantitative estimate of drug-likeness (QED) is 0.809. The summed E-state index contributed by atoms with van der Waals surface area (Å²) in [4.78, 5) is 0. The third kappa shape index (κ3) is 3.45. The zero-order chi connectivity index (χ0) is 14.6. The smallest absolute Gasteiger partial charge is 0.213 e. The van der Waals surface area contributed by atoms with Crippen molar-refractivity contribution in [2.45, 2.75) is 0 Å². The molecule has 0 saturated heterocycles. The van der Waals surface area contributed by atoms with E-state index in [4.69, 9.17) is 0 Å². The number of benzene rings is 2. The molecule has 3 nitrogen and oxygen atoms in total. The van der Waals surface area contributed by atoms with Gasteiger partial charge in [-0.25, -0.2) is 12.7 Å². The van der Waals surface area contributed by atoms with Crippen molar-refractivity contribution in [1.82, 2.24) is 0 Å². The standard InChI is InChI=1S/C15H14FNO2S/c1-20(18,19)17(14-10-6-3-7-11-14)15(16)12-13-8-4-2-5-9-13/h2-12H,1H3/b15-12+. The highest BCUT2D eigenvalue weighted by molar-refractivity contribution is 7.92. The van der Waals surface area contributed by atoms with Crippen LogP contribution in [0.25, 0.3) is 6.08 Å². The maximum absolute atomic E-state index is 14.3. The van der Waals surface area contributed by atoms with Gasteiger partial charge in [-0.2, -0.15) is 4.39 Å². The number of nitrogens with zero attached hydrogens (tertiary/aromatic N) is 1. The Labute approximate surface area is 118 Å². The highest BCUT2D eigenvalue weighted by Gasteiger charge is 2.21. The van der Waals surface area contributed by atoms with Crippen LogP contribution >= 0.6 is 0 Å². The number of sulfonamides is 1. The zero-order valence-electron chi connectivity index (χ0n) is 10.9. The first kappa shape index (κ1) is 14.3. The second-order valence-electron chi connectivity index (χ2n) is 4.24. The molecule has 0 aliphatic heterocycles. The van der Waals surface area contributed by atoms with E-state index >= 15 is 0 Å². The molecule has 0 aliphatic carbocycles. The lowest BCUT2D eigenvalue weighted by molar-refractivity contribution is 0.581. The lowest BCUT2D eigenvalue weighted by Gasteiger charge is -2.20. The van der Waals surface area contributed by atoms with E-state index in [2.05, 4.69) is 0 Å². The molecule has 0 fully saturated rings. The fourth-order valence-corrected chi connectivity index (χ4v) is 2.66. The Morgan fingerprint density at radius 2 is 1.50 bits per heavy atom. The van der Waals surface area contributed by atoms with E-state index in [1.165, 1.54) is 6.08 Å². The van der Waals surface area contributed by atoms with Crippen molar-refractivity contribution >= 4 is 21.8 Å². The minimum Gasteiger partial charge on any atom is -0.213 e. The van der Waals surface area contributed by atoms with Crippen LogP contribution in [0.2, 0.25) is 0 Å². The molecule has 0 bridgehead atoms. The van der Waals surface area contributed by atoms with E-state index in [-0.39, 0.29) is 5.69 Å². The van der Waals surface area contributed by atoms with E-state index in [9.17, 15) is 12.8 Å². The topological polar surface area (TPSA) is 37.4 Å². The Balaban J connectivity index is 2.46. The number of hydrogen-bond acceptors (Lipinski definition) is 2. The van der Waals surface area contributed by atoms with Crippen LogP contribution in [0.5, 0.6) is 0 Å². The minimum absolute atomic E-state index is 0.264. The average Bonchev–Trinajstić information content (AvgIpc) is 2.39. The van der Waals surface area contributed by atoms with E-state index in [0.29, 0.717) is 9.87 Å². The second kappa shape index (κ2) is 5.88. The Kier molecular flexibility index (Phi) is 4.20. The van der Waals surface area contributed by atoms with Gasteiger partial charge in [0.25, 0.3) is 0 Å². The van der Waals surface area contributed by atoms with Gasteiger partial charge >= 0.3 is 0 Å². The van der Waals surface area contributed by atoms with Crippen LogP contribution in [0, 0.1) is 0 Å². The summed E-state index contributed by atoms with van der Waals surface area (Å²) in [6, 6.07) is 16.9. The molecule has 0 atom stereocenters. The van der Waals surface area contributed by atoms with E-state index in [1.807, 2.05) is 0 Å². The molecule has 0 amide bonds. The van der Waals surface area contributed by atoms with Gasteiger partial charge in [0, 0.05) is 0 Å². The highest BCUT2D eigenvalue weighted by atomic mass is 32.2. The predicted molar refractivity (Wildman–Crippen MR) is 79.3 cm³/mol. The SMILES string of the molecule is CS(=O)(=O)N(/C(F)=C/c1ccccc1)c1ccccc1. The molecule has 104 valence electrons. The van der Waals surface area contributed by atoms with Crippen molar-refractivity contribution in [3.8, 4) is 0 Å². The van der Waals surface area contributed by atoms with Gasteiger partial charge in [0.2, 0.25) is 16.0 Å². The van der Waals surface area contributed by atoms with Crippen molar-refractivity contribution < 1.29 is 12.8 Å². The van der Waals surface area contributed by atoms with Crippen molar-refractivity contribution in [1.29, 1.82) is 0 Å². The van der Waals surface area contributed by atoms with Crippen LogP contribution < -0.4 is 4.31 Å². The van der Waals surface area contributed by atoms with Crippen LogP contribution in [0.3, 0.4) is 0 Å². The zero-order valence-corrected chi connectivity index (χ0v) is 11.7. The Morgan fingerprint density at radius 1 is 1.00 bits per heavy atom. The Bertz CT molecular complexity index is 697. The highest BCUT2D eigenvalue weighted by Crippen LogP contribution is 2.24. The van der Waals surface area contributed by atoms with E-state index < -0.39 is 16.0 Å². The molecule has 2 rings (SSSR count). The van der Waals surface area contributed by atoms with Crippen molar-refractivity contribution in [2.24, 2.45) is 0 Å². The second-order valence-corrected chi connectivity index (χ2v) is 6.07. The molecule has 0 saturated carbocycles. The van der Waals surface area contributed by atoms with Crippen LogP contribution in [0.15, 0.2) is 66.6 Å². The van der Waals surface area contributed by atoms with Crippen molar-refractivity contribution in [2.75, 3.05) is 10.6 Å². The van der Waals surface area contributed by atoms with Crippen molar-refractivity contribution in [3.05, 3.63) is 72.2 Å². The molecular weight excluding hydrogens is 277 g/mol. The summed E-state index contributed by atoms with van der Waals surface area (Å²) in [5.41, 5.74) is 0.856. The largest absolute Gasteiger partial charge is 0.238 e. The summed E-state index contributed by atoms with van der Waals surface area (Å²) in [7, 11) is -3.75. The van der Waals surface area contributed by atoms with Gasteiger partial charge in [0.15, 0.2) is 0 Å². The van der Waals surface area contributed by atoms with Gasteiger partial charge in [-0.1, -0.05) is 48.5 Å². The number of para-hydroxylation sites is 1. The molecule has 0 radical (unpaired) electrons. The predicted octanol–water partition coefficient (Wildman–Crippen LogP) is 3.42. The summed E-state index contributed by atoms with van der Waals surface area (Å²) in [6.07, 6.45) is 2.16. The Hall–Kier alpha value is -2.14. The maximum atomic E-state index is 14.3. The summed E-state index contributed by atoms with van der Waals surface area (Å²) >= 11 is 0. The minimum atomic E-state index is -3.75. The molecule has 2 aromatic rings. The summed E-state index contributed by atoms with van der Waals surface area (Å²) in [6.45, 7) is 0. The fraction of sp³-hybridized carbons (Fsp3) is 0.0667. The first-order valence-corrected chi connectivity index (χ1v) is 7.81.